The van der Waals surface area contributed by atoms with Crippen molar-refractivity contribution < 1.29 is 8.42 Å². The number of hydrogen-bond acceptors (Lipinski definition) is 2. The normalized spacial score (nSPS) is 12.2. The van der Waals surface area contributed by atoms with Crippen LogP contribution in [0.5, 0.6) is 0 Å². The molecule has 1 aromatic rings. The molecule has 0 bridgehead atoms. The molecule has 0 saturated carbocycles. The maximum Gasteiger partial charge on any atom is 0.254 e. The highest BCUT2D eigenvalue weighted by Gasteiger charge is 2.00. The summed E-state index contributed by atoms with van der Waals surface area (Å²) in [5, 5.41) is 1.35. The lowest BCUT2D eigenvalue weighted by Gasteiger charge is -1.97. The van der Waals surface area contributed by atoms with Crippen molar-refractivity contribution in [3.05, 3.63) is 38.7 Å². The van der Waals surface area contributed by atoms with E-state index in [0.29, 0.717) is 10.6 Å². The zero-order valence-electron chi connectivity index (χ0n) is 6.75. The van der Waals surface area contributed by atoms with Gasteiger partial charge in [-0.3, -0.25) is 0 Å². The number of hydrogen-bond donors (Lipinski definition) is 0. The second-order valence-electron chi connectivity index (χ2n) is 2.44. The van der Waals surface area contributed by atoms with Crippen molar-refractivity contribution in [2.75, 3.05) is 0 Å². The highest BCUT2D eigenvalue weighted by molar-refractivity contribution is 9.10. The summed E-state index contributed by atoms with van der Waals surface area (Å²) in [5.41, 5.74) is 0.596. The molecule has 0 spiro atoms. The minimum atomic E-state index is -3.63. The molecule has 1 rings (SSSR count). The highest BCUT2D eigenvalue weighted by atomic mass is 79.9. The van der Waals surface area contributed by atoms with Gasteiger partial charge < -0.3 is 0 Å². The molecule has 0 aliphatic rings. The van der Waals surface area contributed by atoms with E-state index in [0.717, 1.165) is 9.88 Å². The van der Waals surface area contributed by atoms with Crippen LogP contribution in [0, 0.1) is 0 Å². The summed E-state index contributed by atoms with van der Waals surface area (Å²) in [7, 11) is 1.37. The Bertz CT molecular complexity index is 468. The average Bonchev–Trinajstić information content (AvgIpc) is 2.00. The Kier molecular flexibility index (Phi) is 4.01. The molecule has 0 unspecified atom stereocenters. The molecular formula is C8H5BrCl2O2S. The van der Waals surface area contributed by atoms with E-state index < -0.39 is 9.05 Å². The minimum absolute atomic E-state index is 0.455. The lowest BCUT2D eigenvalue weighted by Crippen LogP contribution is -1.80. The van der Waals surface area contributed by atoms with Gasteiger partial charge in [0.25, 0.3) is 9.05 Å². The molecule has 1 aromatic carbocycles. The van der Waals surface area contributed by atoms with Gasteiger partial charge >= 0.3 is 0 Å². The summed E-state index contributed by atoms with van der Waals surface area (Å²) >= 11 is 9.07. The van der Waals surface area contributed by atoms with Crippen LogP contribution in [0.4, 0.5) is 0 Å². The Hall–Kier alpha value is -0.0300. The van der Waals surface area contributed by atoms with Crippen molar-refractivity contribution in [1.82, 2.24) is 0 Å². The van der Waals surface area contributed by atoms with Gasteiger partial charge in [-0.1, -0.05) is 33.6 Å². The van der Waals surface area contributed by atoms with Crippen molar-refractivity contribution in [2.45, 2.75) is 0 Å². The van der Waals surface area contributed by atoms with Crippen LogP contribution in [0.25, 0.3) is 6.08 Å². The maximum absolute atomic E-state index is 10.6. The molecule has 6 heteroatoms. The third-order valence-corrected chi connectivity index (χ3v) is 2.96. The van der Waals surface area contributed by atoms with Gasteiger partial charge in [0.15, 0.2) is 0 Å². The van der Waals surface area contributed by atoms with E-state index in [-0.39, 0.29) is 0 Å². The topological polar surface area (TPSA) is 34.1 Å². The summed E-state index contributed by atoms with van der Waals surface area (Å²) in [5.74, 6) is 0. The average molecular weight is 316 g/mol. The van der Waals surface area contributed by atoms with Crippen LogP contribution in [-0.4, -0.2) is 8.42 Å². The third kappa shape index (κ3) is 4.00. The number of benzene rings is 1. The number of rotatable bonds is 2. The summed E-state index contributed by atoms with van der Waals surface area (Å²) in [6.07, 6.45) is 1.34. The Balaban J connectivity index is 3.05. The monoisotopic (exact) mass is 314 g/mol. The van der Waals surface area contributed by atoms with Gasteiger partial charge in [-0.25, -0.2) is 8.42 Å². The molecule has 0 atom stereocenters. The van der Waals surface area contributed by atoms with E-state index in [1.807, 2.05) is 0 Å². The highest BCUT2D eigenvalue weighted by Crippen LogP contribution is 2.22. The van der Waals surface area contributed by atoms with Crippen molar-refractivity contribution >= 4 is 53.3 Å². The first-order valence-electron chi connectivity index (χ1n) is 3.46. The van der Waals surface area contributed by atoms with Crippen LogP contribution in [0.3, 0.4) is 0 Å². The summed E-state index contributed by atoms with van der Waals surface area (Å²) in [6.45, 7) is 0. The Morgan fingerprint density at radius 1 is 1.36 bits per heavy atom. The molecule has 14 heavy (non-hydrogen) atoms. The molecule has 0 saturated heterocycles. The zero-order valence-corrected chi connectivity index (χ0v) is 10.7. The van der Waals surface area contributed by atoms with Gasteiger partial charge in [0, 0.05) is 25.6 Å². The molecule has 0 N–H and O–H groups in total. The van der Waals surface area contributed by atoms with Crippen molar-refractivity contribution in [3.63, 3.8) is 0 Å². The van der Waals surface area contributed by atoms with Crippen LogP contribution in [0.2, 0.25) is 5.02 Å². The Morgan fingerprint density at radius 2 is 2.00 bits per heavy atom. The second kappa shape index (κ2) is 4.66. The third-order valence-electron chi connectivity index (χ3n) is 1.37. The van der Waals surface area contributed by atoms with Crippen molar-refractivity contribution in [1.29, 1.82) is 0 Å². The van der Waals surface area contributed by atoms with Crippen LogP contribution in [-0.2, 0) is 9.05 Å². The van der Waals surface area contributed by atoms with E-state index in [1.165, 1.54) is 6.08 Å². The first-order chi connectivity index (χ1) is 6.38. The fraction of sp³-hybridized carbons (Fsp3) is 0. The minimum Gasteiger partial charge on any atom is -0.208 e. The fourth-order valence-corrected chi connectivity index (χ4v) is 1.99. The van der Waals surface area contributed by atoms with Crippen LogP contribution < -0.4 is 0 Å². The smallest absolute Gasteiger partial charge is 0.208 e. The van der Waals surface area contributed by atoms with Gasteiger partial charge in [0.2, 0.25) is 0 Å². The van der Waals surface area contributed by atoms with Crippen LogP contribution in [0.1, 0.15) is 5.56 Å². The lowest BCUT2D eigenvalue weighted by atomic mass is 10.2. The van der Waals surface area contributed by atoms with E-state index in [9.17, 15) is 8.42 Å². The zero-order chi connectivity index (χ0) is 10.8. The Labute approximate surface area is 100 Å². The van der Waals surface area contributed by atoms with E-state index in [2.05, 4.69) is 15.9 Å². The SMILES string of the molecule is O=S(=O)(Cl)/C=C/c1ccc(Br)cc1Cl. The second-order valence-corrected chi connectivity index (χ2v) is 6.28. The molecule has 2 nitrogen and oxygen atoms in total. The molecule has 0 aliphatic carbocycles. The first-order valence-corrected chi connectivity index (χ1v) is 7.00. The van der Waals surface area contributed by atoms with Gasteiger partial charge in [0.05, 0.1) is 0 Å². The van der Waals surface area contributed by atoms with Gasteiger partial charge in [-0.2, -0.15) is 0 Å². The van der Waals surface area contributed by atoms with E-state index >= 15 is 0 Å². The predicted molar refractivity (Wildman–Crippen MR) is 63.0 cm³/mol. The van der Waals surface area contributed by atoms with Gasteiger partial charge in [-0.05, 0) is 23.8 Å². The lowest BCUT2D eigenvalue weighted by molar-refractivity contribution is 0.617. The molecule has 0 fully saturated rings. The standard InChI is InChI=1S/C8H5BrCl2O2S/c9-7-2-1-6(8(10)5-7)3-4-14(11,12)13/h1-5H/b4-3+. The molecule has 76 valence electrons. The fourth-order valence-electron chi connectivity index (χ4n) is 0.791. The Morgan fingerprint density at radius 3 is 2.50 bits per heavy atom. The van der Waals surface area contributed by atoms with E-state index in [4.69, 9.17) is 22.3 Å². The van der Waals surface area contributed by atoms with Crippen molar-refractivity contribution in [2.24, 2.45) is 0 Å². The summed E-state index contributed by atoms with van der Waals surface area (Å²) < 4.78 is 22.0. The van der Waals surface area contributed by atoms with Crippen LogP contribution in [0.15, 0.2) is 28.1 Å². The summed E-state index contributed by atoms with van der Waals surface area (Å²) in [4.78, 5) is 0. The molecule has 0 aliphatic heterocycles. The molecule has 0 radical (unpaired) electrons. The van der Waals surface area contributed by atoms with E-state index in [1.54, 1.807) is 18.2 Å². The molecular weight excluding hydrogens is 311 g/mol. The number of halogens is 3. The van der Waals surface area contributed by atoms with Gasteiger partial charge in [-0.15, -0.1) is 0 Å². The first kappa shape index (κ1) is 12.0. The molecule has 0 aromatic heterocycles. The van der Waals surface area contributed by atoms with Crippen LogP contribution >= 0.6 is 38.2 Å². The maximum atomic E-state index is 10.6. The van der Waals surface area contributed by atoms with Gasteiger partial charge in [0.1, 0.15) is 0 Å². The quantitative estimate of drug-likeness (QED) is 0.781. The predicted octanol–water partition coefficient (Wildman–Crippen LogP) is 3.64. The molecule has 0 amide bonds. The summed E-state index contributed by atoms with van der Waals surface area (Å²) in [6, 6.07) is 5.11. The largest absolute Gasteiger partial charge is 0.254 e. The van der Waals surface area contributed by atoms with Crippen molar-refractivity contribution in [3.8, 4) is 0 Å². The molecule has 0 heterocycles.